The summed E-state index contributed by atoms with van der Waals surface area (Å²) in [6, 6.07) is 7.54. The van der Waals surface area contributed by atoms with Gasteiger partial charge in [-0.05, 0) is 37.5 Å². The van der Waals surface area contributed by atoms with Gasteiger partial charge in [-0.1, -0.05) is 36.6 Å². The molecule has 3 N–H and O–H groups in total. The minimum atomic E-state index is -0.0459. The Kier molecular flexibility index (Phi) is 4.83. The highest BCUT2D eigenvalue weighted by Gasteiger charge is 2.28. The van der Waals surface area contributed by atoms with E-state index >= 15 is 0 Å². The lowest BCUT2D eigenvalue weighted by Gasteiger charge is -2.28. The molecule has 1 fully saturated rings. The standard InChI is InChI=1S/C15H21ClN2O/c1-10(11-5-4-6-12(16)9-11)18-15(19)13-7-2-3-8-14(13)17/h4-6,9-10,13-14H,2-3,7-8,17H2,1H3,(H,18,19)/t10-,13?,14?/m1/s1. The van der Waals surface area contributed by atoms with Crippen molar-refractivity contribution in [3.05, 3.63) is 34.9 Å². The first-order chi connectivity index (χ1) is 9.08. The number of halogens is 1. The first kappa shape index (κ1) is 14.4. The highest BCUT2D eigenvalue weighted by molar-refractivity contribution is 6.30. The van der Waals surface area contributed by atoms with Gasteiger partial charge in [-0.3, -0.25) is 4.79 Å². The highest BCUT2D eigenvalue weighted by Crippen LogP contribution is 2.24. The minimum Gasteiger partial charge on any atom is -0.349 e. The van der Waals surface area contributed by atoms with E-state index in [2.05, 4.69) is 5.32 Å². The molecule has 1 aromatic rings. The van der Waals surface area contributed by atoms with Crippen LogP contribution in [0.3, 0.4) is 0 Å². The summed E-state index contributed by atoms with van der Waals surface area (Å²) in [5.41, 5.74) is 7.06. The predicted molar refractivity (Wildman–Crippen MR) is 77.9 cm³/mol. The van der Waals surface area contributed by atoms with E-state index in [1.807, 2.05) is 31.2 Å². The maximum absolute atomic E-state index is 12.3. The Morgan fingerprint density at radius 2 is 2.16 bits per heavy atom. The van der Waals surface area contributed by atoms with E-state index in [0.29, 0.717) is 5.02 Å². The summed E-state index contributed by atoms with van der Waals surface area (Å²) >= 11 is 5.96. The van der Waals surface area contributed by atoms with Crippen LogP contribution in [0.2, 0.25) is 5.02 Å². The van der Waals surface area contributed by atoms with Gasteiger partial charge in [-0.15, -0.1) is 0 Å². The monoisotopic (exact) mass is 280 g/mol. The smallest absolute Gasteiger partial charge is 0.225 e. The Balaban J connectivity index is 1.98. The van der Waals surface area contributed by atoms with Gasteiger partial charge in [0.1, 0.15) is 0 Å². The highest BCUT2D eigenvalue weighted by atomic mass is 35.5. The summed E-state index contributed by atoms with van der Waals surface area (Å²) < 4.78 is 0. The van der Waals surface area contributed by atoms with Crippen LogP contribution in [0.5, 0.6) is 0 Å². The summed E-state index contributed by atoms with van der Waals surface area (Å²) in [5, 5.41) is 3.73. The SMILES string of the molecule is C[C@@H](NC(=O)C1CCCCC1N)c1cccc(Cl)c1. The van der Waals surface area contributed by atoms with E-state index in [4.69, 9.17) is 17.3 Å². The Morgan fingerprint density at radius 3 is 2.84 bits per heavy atom. The Hall–Kier alpha value is -1.06. The number of carbonyl (C=O) groups excluding carboxylic acids is 1. The zero-order valence-electron chi connectivity index (χ0n) is 11.2. The first-order valence-corrected chi connectivity index (χ1v) is 7.27. The molecule has 0 bridgehead atoms. The fraction of sp³-hybridized carbons (Fsp3) is 0.533. The van der Waals surface area contributed by atoms with Crippen LogP contribution in [0.4, 0.5) is 0 Å². The summed E-state index contributed by atoms with van der Waals surface area (Å²) in [4.78, 5) is 12.3. The molecule has 2 rings (SSSR count). The molecular weight excluding hydrogens is 260 g/mol. The molecule has 0 aliphatic heterocycles. The second-order valence-corrected chi connectivity index (χ2v) is 5.78. The van der Waals surface area contributed by atoms with E-state index in [1.54, 1.807) is 0 Å². The number of hydrogen-bond donors (Lipinski definition) is 2. The molecule has 2 unspecified atom stereocenters. The lowest BCUT2D eigenvalue weighted by Crippen LogP contribution is -2.44. The van der Waals surface area contributed by atoms with Crippen LogP contribution in [0.1, 0.15) is 44.2 Å². The first-order valence-electron chi connectivity index (χ1n) is 6.89. The molecule has 0 aromatic heterocycles. The third-order valence-electron chi connectivity index (χ3n) is 3.86. The molecule has 3 atom stereocenters. The molecule has 3 nitrogen and oxygen atoms in total. The fourth-order valence-electron chi connectivity index (χ4n) is 2.66. The molecule has 0 radical (unpaired) electrons. The number of nitrogens with two attached hydrogens (primary N) is 1. The van der Waals surface area contributed by atoms with Crippen molar-refractivity contribution in [2.24, 2.45) is 11.7 Å². The van der Waals surface area contributed by atoms with Crippen LogP contribution >= 0.6 is 11.6 Å². The van der Waals surface area contributed by atoms with Gasteiger partial charge in [-0.2, -0.15) is 0 Å². The lowest BCUT2D eigenvalue weighted by molar-refractivity contribution is -0.127. The molecule has 1 aliphatic rings. The summed E-state index contributed by atoms with van der Waals surface area (Å²) in [6.45, 7) is 1.97. The van der Waals surface area contributed by atoms with Gasteiger partial charge in [0.2, 0.25) is 5.91 Å². The Labute approximate surface area is 119 Å². The third-order valence-corrected chi connectivity index (χ3v) is 4.10. The van der Waals surface area contributed by atoms with Crippen molar-refractivity contribution in [2.45, 2.75) is 44.7 Å². The van der Waals surface area contributed by atoms with Crippen molar-refractivity contribution in [1.29, 1.82) is 0 Å². The maximum atomic E-state index is 12.3. The second kappa shape index (κ2) is 6.40. The van der Waals surface area contributed by atoms with Gasteiger partial charge in [-0.25, -0.2) is 0 Å². The maximum Gasteiger partial charge on any atom is 0.225 e. The van der Waals surface area contributed by atoms with E-state index in [0.717, 1.165) is 31.2 Å². The molecule has 19 heavy (non-hydrogen) atoms. The fourth-order valence-corrected chi connectivity index (χ4v) is 2.86. The van der Waals surface area contributed by atoms with Crippen LogP contribution in [0.15, 0.2) is 24.3 Å². The topological polar surface area (TPSA) is 55.1 Å². The molecule has 0 saturated heterocycles. The Morgan fingerprint density at radius 1 is 1.42 bits per heavy atom. The van der Waals surface area contributed by atoms with E-state index in [-0.39, 0.29) is 23.9 Å². The molecule has 104 valence electrons. The summed E-state index contributed by atoms with van der Waals surface area (Å²) in [7, 11) is 0. The summed E-state index contributed by atoms with van der Waals surface area (Å²) in [6.07, 6.45) is 4.07. The van der Waals surface area contributed by atoms with Gasteiger partial charge < -0.3 is 11.1 Å². The number of rotatable bonds is 3. The molecule has 1 saturated carbocycles. The predicted octanol–water partition coefficient (Wildman–Crippen LogP) is 3.03. The van der Waals surface area contributed by atoms with Crippen molar-refractivity contribution in [2.75, 3.05) is 0 Å². The average molecular weight is 281 g/mol. The number of hydrogen-bond acceptors (Lipinski definition) is 2. The zero-order valence-corrected chi connectivity index (χ0v) is 12.0. The van der Waals surface area contributed by atoms with Gasteiger partial charge >= 0.3 is 0 Å². The van der Waals surface area contributed by atoms with Gasteiger partial charge in [0.25, 0.3) is 0 Å². The quantitative estimate of drug-likeness (QED) is 0.894. The van der Waals surface area contributed by atoms with Crippen LogP contribution in [0.25, 0.3) is 0 Å². The van der Waals surface area contributed by atoms with Gasteiger partial charge in [0, 0.05) is 11.1 Å². The molecule has 1 aromatic carbocycles. The molecule has 0 spiro atoms. The normalized spacial score (nSPS) is 24.8. The number of carbonyl (C=O) groups is 1. The third kappa shape index (κ3) is 3.71. The average Bonchev–Trinajstić information content (AvgIpc) is 2.39. The minimum absolute atomic E-state index is 0.000288. The van der Waals surface area contributed by atoms with Crippen molar-refractivity contribution in [3.8, 4) is 0 Å². The van der Waals surface area contributed by atoms with E-state index < -0.39 is 0 Å². The molecular formula is C15H21ClN2O. The van der Waals surface area contributed by atoms with Crippen molar-refractivity contribution >= 4 is 17.5 Å². The largest absolute Gasteiger partial charge is 0.349 e. The van der Waals surface area contributed by atoms with Crippen molar-refractivity contribution < 1.29 is 4.79 Å². The summed E-state index contributed by atoms with van der Waals surface area (Å²) in [5.74, 6) is 0.0232. The molecule has 1 amide bonds. The number of amides is 1. The van der Waals surface area contributed by atoms with Crippen LogP contribution < -0.4 is 11.1 Å². The van der Waals surface area contributed by atoms with E-state index in [1.165, 1.54) is 0 Å². The van der Waals surface area contributed by atoms with Gasteiger partial charge in [0.05, 0.1) is 12.0 Å². The zero-order chi connectivity index (χ0) is 13.8. The Bertz CT molecular complexity index is 450. The number of benzene rings is 1. The van der Waals surface area contributed by atoms with Crippen LogP contribution in [-0.2, 0) is 4.79 Å². The molecule has 0 heterocycles. The molecule has 1 aliphatic carbocycles. The van der Waals surface area contributed by atoms with Crippen molar-refractivity contribution in [3.63, 3.8) is 0 Å². The lowest BCUT2D eigenvalue weighted by atomic mass is 9.84. The number of nitrogens with one attached hydrogen (secondary N) is 1. The van der Waals surface area contributed by atoms with E-state index in [9.17, 15) is 4.79 Å². The van der Waals surface area contributed by atoms with Crippen LogP contribution in [0, 0.1) is 5.92 Å². The molecule has 4 heteroatoms. The van der Waals surface area contributed by atoms with Gasteiger partial charge in [0.15, 0.2) is 0 Å². The second-order valence-electron chi connectivity index (χ2n) is 5.34. The van der Waals surface area contributed by atoms with Crippen LogP contribution in [-0.4, -0.2) is 11.9 Å². The van der Waals surface area contributed by atoms with Crippen molar-refractivity contribution in [1.82, 2.24) is 5.32 Å².